The Morgan fingerprint density at radius 2 is 1.88 bits per heavy atom. The summed E-state index contributed by atoms with van der Waals surface area (Å²) in [6, 6.07) is 3.87. The topological polar surface area (TPSA) is 75.7 Å². The van der Waals surface area contributed by atoms with Crippen LogP contribution in [0.1, 0.15) is 45.4 Å². The second kappa shape index (κ2) is 8.95. The number of methoxy groups -OCH3 is 1. The molecule has 1 aromatic carbocycles. The van der Waals surface area contributed by atoms with Crippen molar-refractivity contribution < 1.29 is 17.9 Å². The van der Waals surface area contributed by atoms with E-state index in [1.54, 1.807) is 19.1 Å². The van der Waals surface area contributed by atoms with Crippen molar-refractivity contribution >= 4 is 33.2 Å². The van der Waals surface area contributed by atoms with Crippen LogP contribution in [0.4, 0.5) is 5.69 Å². The Hall–Kier alpha value is -1.47. The summed E-state index contributed by atoms with van der Waals surface area (Å²) in [5.74, 6) is 0.0262. The molecule has 0 aromatic heterocycles. The van der Waals surface area contributed by atoms with Gasteiger partial charge in [0.05, 0.1) is 19.1 Å². The highest BCUT2D eigenvalue weighted by atomic mass is 35.5. The maximum atomic E-state index is 12.8. The standard InChI is InChI=1S/C18H27ClN2O4S/c1-13(18(22)20-15-8-6-4-5-7-9-15)21(26(3,23)24)16-12-14(19)10-11-17(16)25-2/h10-13,15H,4-9H2,1-3H3,(H,20,22)/t13-/m1/s1. The number of amides is 1. The summed E-state index contributed by atoms with van der Waals surface area (Å²) in [7, 11) is -2.28. The van der Waals surface area contributed by atoms with Gasteiger partial charge in [0.25, 0.3) is 0 Å². The fourth-order valence-corrected chi connectivity index (χ4v) is 4.70. The van der Waals surface area contributed by atoms with Crippen LogP contribution in [-0.2, 0) is 14.8 Å². The van der Waals surface area contributed by atoms with E-state index in [4.69, 9.17) is 16.3 Å². The fraction of sp³-hybridized carbons (Fsp3) is 0.611. The zero-order valence-electron chi connectivity index (χ0n) is 15.5. The number of anilines is 1. The second-order valence-corrected chi connectivity index (χ2v) is 9.04. The number of rotatable bonds is 6. The molecule has 1 atom stereocenters. The quantitative estimate of drug-likeness (QED) is 0.740. The summed E-state index contributed by atoms with van der Waals surface area (Å²) in [5.41, 5.74) is 0.256. The van der Waals surface area contributed by atoms with Crippen LogP contribution in [0, 0.1) is 0 Å². The van der Waals surface area contributed by atoms with Gasteiger partial charge in [0.2, 0.25) is 15.9 Å². The van der Waals surface area contributed by atoms with Gasteiger partial charge in [-0.1, -0.05) is 37.3 Å². The van der Waals surface area contributed by atoms with E-state index in [0.717, 1.165) is 36.2 Å². The summed E-state index contributed by atoms with van der Waals surface area (Å²) in [5, 5.41) is 3.38. The number of hydrogen-bond donors (Lipinski definition) is 1. The van der Waals surface area contributed by atoms with Gasteiger partial charge >= 0.3 is 0 Å². The van der Waals surface area contributed by atoms with Gasteiger partial charge in [0.15, 0.2) is 0 Å². The van der Waals surface area contributed by atoms with Crippen molar-refractivity contribution in [1.29, 1.82) is 0 Å². The Kier molecular flexibility index (Phi) is 7.17. The Bertz CT molecular complexity index is 731. The zero-order valence-corrected chi connectivity index (χ0v) is 17.1. The van der Waals surface area contributed by atoms with Crippen molar-refractivity contribution in [3.8, 4) is 5.75 Å². The van der Waals surface area contributed by atoms with E-state index in [2.05, 4.69) is 5.32 Å². The Morgan fingerprint density at radius 3 is 2.42 bits per heavy atom. The molecule has 2 rings (SSSR count). The number of nitrogens with one attached hydrogen (secondary N) is 1. The van der Waals surface area contributed by atoms with Gasteiger partial charge < -0.3 is 10.1 Å². The Labute approximate surface area is 160 Å². The predicted molar refractivity (Wildman–Crippen MR) is 104 cm³/mol. The van der Waals surface area contributed by atoms with Crippen LogP contribution in [0.2, 0.25) is 5.02 Å². The maximum Gasteiger partial charge on any atom is 0.243 e. The molecule has 1 saturated carbocycles. The van der Waals surface area contributed by atoms with Gasteiger partial charge in [-0.3, -0.25) is 9.10 Å². The molecule has 6 nitrogen and oxygen atoms in total. The lowest BCUT2D eigenvalue weighted by Crippen LogP contribution is -2.50. The monoisotopic (exact) mass is 402 g/mol. The molecule has 1 amide bonds. The first-order valence-corrected chi connectivity index (χ1v) is 11.1. The minimum atomic E-state index is -3.73. The summed E-state index contributed by atoms with van der Waals surface area (Å²) in [4.78, 5) is 12.8. The molecule has 8 heteroatoms. The van der Waals surface area contributed by atoms with E-state index < -0.39 is 16.1 Å². The van der Waals surface area contributed by atoms with Crippen molar-refractivity contribution in [2.45, 2.75) is 57.5 Å². The minimum Gasteiger partial charge on any atom is -0.495 e. The van der Waals surface area contributed by atoms with Gasteiger partial charge in [-0.25, -0.2) is 8.42 Å². The van der Waals surface area contributed by atoms with E-state index in [0.29, 0.717) is 10.8 Å². The third-order valence-electron chi connectivity index (χ3n) is 4.67. The molecular formula is C18H27ClN2O4S. The highest BCUT2D eigenvalue weighted by Crippen LogP contribution is 2.34. The van der Waals surface area contributed by atoms with Crippen LogP contribution in [0.5, 0.6) is 5.75 Å². The molecule has 1 N–H and O–H groups in total. The van der Waals surface area contributed by atoms with E-state index >= 15 is 0 Å². The molecule has 1 fully saturated rings. The lowest BCUT2D eigenvalue weighted by Gasteiger charge is -2.30. The van der Waals surface area contributed by atoms with Crippen LogP contribution in [-0.4, -0.2) is 39.8 Å². The molecule has 0 heterocycles. The molecule has 0 saturated heterocycles. The van der Waals surface area contributed by atoms with Crippen molar-refractivity contribution in [2.75, 3.05) is 17.7 Å². The number of benzene rings is 1. The molecule has 1 aliphatic rings. The van der Waals surface area contributed by atoms with Gasteiger partial charge in [0.1, 0.15) is 11.8 Å². The number of ether oxygens (including phenoxy) is 1. The Balaban J connectivity index is 2.29. The summed E-state index contributed by atoms with van der Waals surface area (Å²) in [6.45, 7) is 1.58. The molecule has 0 unspecified atom stereocenters. The largest absolute Gasteiger partial charge is 0.495 e. The molecule has 1 aliphatic carbocycles. The van der Waals surface area contributed by atoms with Crippen LogP contribution < -0.4 is 14.4 Å². The number of hydrogen-bond acceptors (Lipinski definition) is 4. The lowest BCUT2D eigenvalue weighted by atomic mass is 10.1. The average Bonchev–Trinajstić information content (AvgIpc) is 2.82. The van der Waals surface area contributed by atoms with Crippen molar-refractivity contribution in [1.82, 2.24) is 5.32 Å². The van der Waals surface area contributed by atoms with Gasteiger partial charge in [-0.15, -0.1) is 0 Å². The smallest absolute Gasteiger partial charge is 0.243 e. The number of halogens is 1. The SMILES string of the molecule is COc1ccc(Cl)cc1N([C@H](C)C(=O)NC1CCCCCC1)S(C)(=O)=O. The highest BCUT2D eigenvalue weighted by molar-refractivity contribution is 7.92. The zero-order chi connectivity index (χ0) is 19.3. The van der Waals surface area contributed by atoms with Crippen molar-refractivity contribution in [3.63, 3.8) is 0 Å². The summed E-state index contributed by atoms with van der Waals surface area (Å²) < 4.78 is 31.3. The Morgan fingerprint density at radius 1 is 1.27 bits per heavy atom. The minimum absolute atomic E-state index is 0.0927. The van der Waals surface area contributed by atoms with Crippen LogP contribution in [0.15, 0.2) is 18.2 Å². The average molecular weight is 403 g/mol. The first kappa shape index (κ1) is 20.8. The number of nitrogens with zero attached hydrogens (tertiary/aromatic N) is 1. The van der Waals surface area contributed by atoms with Crippen LogP contribution >= 0.6 is 11.6 Å². The van der Waals surface area contributed by atoms with Crippen LogP contribution in [0.3, 0.4) is 0 Å². The van der Waals surface area contributed by atoms with Gasteiger partial charge in [0, 0.05) is 11.1 Å². The second-order valence-electron chi connectivity index (χ2n) is 6.75. The maximum absolute atomic E-state index is 12.8. The third kappa shape index (κ3) is 5.27. The van der Waals surface area contributed by atoms with E-state index in [-0.39, 0.29) is 17.6 Å². The van der Waals surface area contributed by atoms with Crippen LogP contribution in [0.25, 0.3) is 0 Å². The number of carbonyl (C=O) groups is 1. The van der Waals surface area contributed by atoms with E-state index in [1.165, 1.54) is 26.0 Å². The molecule has 26 heavy (non-hydrogen) atoms. The fourth-order valence-electron chi connectivity index (χ4n) is 3.36. The van der Waals surface area contributed by atoms with Crippen molar-refractivity contribution in [3.05, 3.63) is 23.2 Å². The molecule has 146 valence electrons. The summed E-state index contributed by atoms with van der Waals surface area (Å²) in [6.07, 6.45) is 7.45. The lowest BCUT2D eigenvalue weighted by molar-refractivity contribution is -0.122. The first-order chi connectivity index (χ1) is 12.2. The molecule has 0 radical (unpaired) electrons. The molecule has 0 bridgehead atoms. The number of carbonyl (C=O) groups excluding carboxylic acids is 1. The molecule has 0 spiro atoms. The predicted octanol–water partition coefficient (Wildman–Crippen LogP) is 3.34. The van der Waals surface area contributed by atoms with E-state index in [1.807, 2.05) is 0 Å². The van der Waals surface area contributed by atoms with Gasteiger partial charge in [-0.2, -0.15) is 0 Å². The number of sulfonamides is 1. The van der Waals surface area contributed by atoms with Gasteiger partial charge in [-0.05, 0) is 38.0 Å². The first-order valence-electron chi connectivity index (χ1n) is 8.87. The van der Waals surface area contributed by atoms with E-state index in [9.17, 15) is 13.2 Å². The van der Waals surface area contributed by atoms with Crippen molar-refractivity contribution in [2.24, 2.45) is 0 Å². The highest BCUT2D eigenvalue weighted by Gasteiger charge is 2.32. The molecular weight excluding hydrogens is 376 g/mol. The third-order valence-corrected chi connectivity index (χ3v) is 6.13. The summed E-state index contributed by atoms with van der Waals surface area (Å²) >= 11 is 6.05. The molecule has 0 aliphatic heterocycles. The molecule has 1 aromatic rings. The normalized spacial score (nSPS) is 17.2.